The van der Waals surface area contributed by atoms with E-state index in [-0.39, 0.29) is 0 Å². The Hall–Kier alpha value is -0.510. The van der Waals surface area contributed by atoms with Gasteiger partial charge in [0.25, 0.3) is 0 Å². The first-order valence-corrected chi connectivity index (χ1v) is 5.41. The molecule has 3 nitrogen and oxygen atoms in total. The molecule has 0 amide bonds. The average Bonchev–Trinajstić information content (AvgIpc) is 2.09. The van der Waals surface area contributed by atoms with E-state index in [1.165, 1.54) is 0 Å². The molecule has 0 N–H and O–H groups in total. The molecule has 0 radical (unpaired) electrons. The van der Waals surface area contributed by atoms with E-state index in [0.29, 0.717) is 11.9 Å². The summed E-state index contributed by atoms with van der Waals surface area (Å²) < 4.78 is 5.35. The van der Waals surface area contributed by atoms with E-state index in [1.807, 2.05) is 6.92 Å². The number of hydrogen-bond acceptors (Lipinski definition) is 4. The Labute approximate surface area is 77.3 Å². The van der Waals surface area contributed by atoms with E-state index >= 15 is 0 Å². The highest BCUT2D eigenvalue weighted by Crippen LogP contribution is 1.98. The zero-order valence-corrected chi connectivity index (χ0v) is 8.30. The Morgan fingerprint density at radius 2 is 2.58 bits per heavy atom. The summed E-state index contributed by atoms with van der Waals surface area (Å²) in [5.41, 5.74) is 0. The minimum absolute atomic E-state index is 0.318. The lowest BCUT2D eigenvalue weighted by atomic mass is 10.3. The van der Waals surface area contributed by atoms with Gasteiger partial charge in [0.1, 0.15) is 0 Å². The first-order chi connectivity index (χ1) is 5.83. The number of aliphatic imine (C=N–C) groups is 2. The highest BCUT2D eigenvalue weighted by atomic mass is 32.2. The predicted octanol–water partition coefficient (Wildman–Crippen LogP) is 1.24. The normalized spacial score (nSPS) is 22.2. The molecule has 0 saturated carbocycles. The number of hydrogen-bond donors (Lipinski definition) is 0. The second-order valence-electron chi connectivity index (χ2n) is 2.65. The van der Waals surface area contributed by atoms with Gasteiger partial charge in [0.15, 0.2) is 0 Å². The molecule has 0 aromatic carbocycles. The largest absolute Gasteiger partial charge is 0.476 e. The van der Waals surface area contributed by atoms with Crippen LogP contribution in [-0.4, -0.2) is 43.3 Å². The molecule has 0 bridgehead atoms. The topological polar surface area (TPSA) is 34.0 Å². The summed E-state index contributed by atoms with van der Waals surface area (Å²) in [4.78, 5) is 8.42. The van der Waals surface area contributed by atoms with Gasteiger partial charge in [-0.15, -0.1) is 0 Å². The monoisotopic (exact) mass is 186 g/mol. The summed E-state index contributed by atoms with van der Waals surface area (Å²) >= 11 is 1.77. The molecule has 0 aromatic rings. The molecule has 0 aromatic heterocycles. The van der Waals surface area contributed by atoms with Crippen LogP contribution in [0.1, 0.15) is 6.92 Å². The molecule has 68 valence electrons. The fraction of sp³-hybridized carbons (Fsp3) is 0.750. The zero-order valence-electron chi connectivity index (χ0n) is 7.49. The van der Waals surface area contributed by atoms with Crippen molar-refractivity contribution < 1.29 is 4.74 Å². The lowest BCUT2D eigenvalue weighted by Gasteiger charge is -2.10. The first kappa shape index (κ1) is 9.58. The summed E-state index contributed by atoms with van der Waals surface area (Å²) in [5.74, 6) is 1.68. The first-order valence-electron chi connectivity index (χ1n) is 4.02. The van der Waals surface area contributed by atoms with Gasteiger partial charge in [-0.3, -0.25) is 4.99 Å². The molecule has 1 aliphatic rings. The molecule has 1 aliphatic heterocycles. The van der Waals surface area contributed by atoms with E-state index in [2.05, 4.69) is 16.2 Å². The van der Waals surface area contributed by atoms with Crippen molar-refractivity contribution in [2.45, 2.75) is 13.0 Å². The van der Waals surface area contributed by atoms with Gasteiger partial charge < -0.3 is 4.74 Å². The van der Waals surface area contributed by atoms with Crippen molar-refractivity contribution in [1.29, 1.82) is 0 Å². The summed E-state index contributed by atoms with van der Waals surface area (Å²) in [6.07, 6.45) is 3.77. The van der Waals surface area contributed by atoms with Crippen molar-refractivity contribution in [3.05, 3.63) is 0 Å². The molecule has 1 heterocycles. The SMILES string of the molecule is CSCCOC1=NCC(C)N=C1. The zero-order chi connectivity index (χ0) is 8.81. The van der Waals surface area contributed by atoms with Gasteiger partial charge in [-0.25, -0.2) is 4.99 Å². The van der Waals surface area contributed by atoms with Crippen molar-refractivity contribution in [2.75, 3.05) is 25.2 Å². The second kappa shape index (κ2) is 5.19. The Morgan fingerprint density at radius 1 is 1.75 bits per heavy atom. The van der Waals surface area contributed by atoms with Gasteiger partial charge in [0.2, 0.25) is 5.90 Å². The van der Waals surface area contributed by atoms with Crippen LogP contribution in [0.2, 0.25) is 0 Å². The molecule has 1 unspecified atom stereocenters. The van der Waals surface area contributed by atoms with Gasteiger partial charge in [-0.2, -0.15) is 11.8 Å². The maximum atomic E-state index is 5.35. The number of rotatable bonds is 3. The highest BCUT2D eigenvalue weighted by molar-refractivity contribution is 7.98. The van der Waals surface area contributed by atoms with E-state index in [4.69, 9.17) is 4.74 Å². The molecular formula is C8H14N2OS. The van der Waals surface area contributed by atoms with Crippen LogP contribution >= 0.6 is 11.8 Å². The van der Waals surface area contributed by atoms with Crippen LogP contribution in [0.5, 0.6) is 0 Å². The molecule has 1 atom stereocenters. The molecule has 12 heavy (non-hydrogen) atoms. The third-order valence-corrected chi connectivity index (χ3v) is 2.06. The smallest absolute Gasteiger partial charge is 0.227 e. The van der Waals surface area contributed by atoms with Crippen LogP contribution in [-0.2, 0) is 4.74 Å². The van der Waals surface area contributed by atoms with Gasteiger partial charge in [-0.05, 0) is 13.2 Å². The molecule has 0 fully saturated rings. The van der Waals surface area contributed by atoms with Crippen LogP contribution in [0.15, 0.2) is 9.98 Å². The molecule has 0 spiro atoms. The predicted molar refractivity (Wildman–Crippen MR) is 54.6 cm³/mol. The van der Waals surface area contributed by atoms with Crippen LogP contribution < -0.4 is 0 Å². The van der Waals surface area contributed by atoms with E-state index in [9.17, 15) is 0 Å². The maximum Gasteiger partial charge on any atom is 0.227 e. The Morgan fingerprint density at radius 3 is 3.17 bits per heavy atom. The molecule has 0 aliphatic carbocycles. The minimum atomic E-state index is 0.318. The third kappa shape index (κ3) is 3.26. The number of nitrogens with zero attached hydrogens (tertiary/aromatic N) is 2. The van der Waals surface area contributed by atoms with E-state index in [0.717, 1.165) is 18.9 Å². The fourth-order valence-electron chi connectivity index (χ4n) is 0.814. The van der Waals surface area contributed by atoms with Crippen molar-refractivity contribution in [3.8, 4) is 0 Å². The van der Waals surface area contributed by atoms with Crippen LogP contribution in [0, 0.1) is 0 Å². The van der Waals surface area contributed by atoms with Gasteiger partial charge in [0, 0.05) is 5.75 Å². The lowest BCUT2D eigenvalue weighted by molar-refractivity contribution is 0.335. The summed E-state index contributed by atoms with van der Waals surface area (Å²) in [6, 6.07) is 0.318. The standard InChI is InChI=1S/C8H14N2OS/c1-7-5-10-8(6-9-7)11-3-4-12-2/h6-7H,3-5H2,1-2H3. The number of ether oxygens (including phenoxy) is 1. The Bertz CT molecular complexity index is 191. The Kier molecular flexibility index (Phi) is 4.14. The van der Waals surface area contributed by atoms with Crippen LogP contribution in [0.4, 0.5) is 0 Å². The second-order valence-corrected chi connectivity index (χ2v) is 3.63. The van der Waals surface area contributed by atoms with Gasteiger partial charge in [-0.1, -0.05) is 0 Å². The fourth-order valence-corrected chi connectivity index (χ4v) is 1.06. The molecule has 0 saturated heterocycles. The minimum Gasteiger partial charge on any atom is -0.476 e. The highest BCUT2D eigenvalue weighted by Gasteiger charge is 2.05. The van der Waals surface area contributed by atoms with Gasteiger partial charge in [0.05, 0.1) is 25.4 Å². The third-order valence-electron chi connectivity index (χ3n) is 1.49. The maximum absolute atomic E-state index is 5.35. The van der Waals surface area contributed by atoms with Crippen LogP contribution in [0.25, 0.3) is 0 Å². The average molecular weight is 186 g/mol. The van der Waals surface area contributed by atoms with Crippen LogP contribution in [0.3, 0.4) is 0 Å². The van der Waals surface area contributed by atoms with Crippen molar-refractivity contribution >= 4 is 23.9 Å². The quantitative estimate of drug-likeness (QED) is 0.621. The van der Waals surface area contributed by atoms with Crippen molar-refractivity contribution in [3.63, 3.8) is 0 Å². The molecular weight excluding hydrogens is 172 g/mol. The van der Waals surface area contributed by atoms with E-state index < -0.39 is 0 Å². The Balaban J connectivity index is 2.21. The summed E-state index contributed by atoms with van der Waals surface area (Å²) in [7, 11) is 0. The number of thioether (sulfide) groups is 1. The van der Waals surface area contributed by atoms with Crippen molar-refractivity contribution in [2.24, 2.45) is 9.98 Å². The van der Waals surface area contributed by atoms with Gasteiger partial charge >= 0.3 is 0 Å². The lowest BCUT2D eigenvalue weighted by Crippen LogP contribution is -2.18. The van der Waals surface area contributed by atoms with E-state index in [1.54, 1.807) is 18.0 Å². The summed E-state index contributed by atoms with van der Waals surface area (Å²) in [6.45, 7) is 3.52. The van der Waals surface area contributed by atoms with Crippen molar-refractivity contribution in [1.82, 2.24) is 0 Å². The molecule has 1 rings (SSSR count). The molecule has 4 heteroatoms. The summed E-state index contributed by atoms with van der Waals surface area (Å²) in [5, 5.41) is 0.